The van der Waals surface area contributed by atoms with Crippen molar-refractivity contribution >= 4 is 45.5 Å². The fourth-order valence-electron chi connectivity index (χ4n) is 5.72. The molecule has 0 radical (unpaired) electrons. The monoisotopic (exact) mass is 423 g/mol. The molecule has 0 bridgehead atoms. The molecule has 0 atom stereocenters. The second-order valence-corrected chi connectivity index (χ2v) is 9.07. The lowest BCUT2D eigenvalue weighted by Crippen LogP contribution is -2.48. The van der Waals surface area contributed by atoms with Crippen LogP contribution in [-0.4, -0.2) is 6.71 Å². The van der Waals surface area contributed by atoms with Gasteiger partial charge in [-0.2, -0.15) is 0 Å². The number of benzene rings is 5. The van der Waals surface area contributed by atoms with Crippen molar-refractivity contribution in [3.05, 3.63) is 126 Å². The van der Waals surface area contributed by atoms with E-state index in [0.717, 1.165) is 6.42 Å². The van der Waals surface area contributed by atoms with Crippen molar-refractivity contribution in [3.8, 4) is 0 Å². The van der Waals surface area contributed by atoms with E-state index in [1.165, 1.54) is 55.5 Å². The maximum Gasteiger partial charge on any atom is 0.208 e. The van der Waals surface area contributed by atoms with Gasteiger partial charge in [-0.25, -0.2) is 0 Å². The van der Waals surface area contributed by atoms with Crippen molar-refractivity contribution in [1.82, 2.24) is 0 Å². The molecule has 1 aliphatic heterocycles. The molecule has 1 heterocycles. The van der Waals surface area contributed by atoms with Gasteiger partial charge in [0, 0.05) is 16.8 Å². The number of hydrogen-bond donors (Lipinski definition) is 0. The van der Waals surface area contributed by atoms with Crippen LogP contribution in [0.15, 0.2) is 109 Å². The highest BCUT2D eigenvalue weighted by Crippen LogP contribution is 2.39. The first-order chi connectivity index (χ1) is 16.2. The molecule has 5 aromatic carbocycles. The summed E-state index contributed by atoms with van der Waals surface area (Å²) in [5.41, 5.74) is 10.9. The third-order valence-electron chi connectivity index (χ3n) is 7.08. The van der Waals surface area contributed by atoms with E-state index >= 15 is 0 Å². The Morgan fingerprint density at radius 3 is 1.88 bits per heavy atom. The van der Waals surface area contributed by atoms with Crippen LogP contribution in [0.1, 0.15) is 16.7 Å². The summed E-state index contributed by atoms with van der Waals surface area (Å²) < 4.78 is 0. The largest absolute Gasteiger partial charge is 0.310 e. The molecule has 0 aliphatic carbocycles. The predicted molar refractivity (Wildman–Crippen MR) is 144 cm³/mol. The summed E-state index contributed by atoms with van der Waals surface area (Å²) in [5, 5.41) is 2.66. The maximum absolute atomic E-state index is 2.44. The van der Waals surface area contributed by atoms with Crippen molar-refractivity contribution in [2.75, 3.05) is 4.90 Å². The van der Waals surface area contributed by atoms with E-state index in [9.17, 15) is 0 Å². The van der Waals surface area contributed by atoms with Gasteiger partial charge in [0.2, 0.25) is 6.71 Å². The highest BCUT2D eigenvalue weighted by molar-refractivity contribution is 6.87. The molecular formula is C31H26BN. The first-order valence-corrected chi connectivity index (χ1v) is 11.8. The van der Waals surface area contributed by atoms with Crippen molar-refractivity contribution in [2.24, 2.45) is 0 Å². The number of hydrogen-bond acceptors (Lipinski definition) is 1. The molecule has 6 rings (SSSR count). The molecule has 158 valence electrons. The van der Waals surface area contributed by atoms with E-state index in [4.69, 9.17) is 0 Å². The Kier molecular flexibility index (Phi) is 4.80. The summed E-state index contributed by atoms with van der Waals surface area (Å²) in [5.74, 6) is 0. The topological polar surface area (TPSA) is 3.24 Å². The second-order valence-electron chi connectivity index (χ2n) is 9.07. The van der Waals surface area contributed by atoms with Gasteiger partial charge >= 0.3 is 0 Å². The van der Waals surface area contributed by atoms with Crippen molar-refractivity contribution in [2.45, 2.75) is 20.2 Å². The normalized spacial score (nSPS) is 12.4. The maximum atomic E-state index is 2.44. The van der Waals surface area contributed by atoms with Crippen molar-refractivity contribution in [1.29, 1.82) is 0 Å². The minimum absolute atomic E-state index is 0.380. The van der Waals surface area contributed by atoms with Crippen LogP contribution in [0, 0.1) is 6.92 Å². The molecule has 0 saturated carbocycles. The molecular weight excluding hydrogens is 397 g/mol. The predicted octanol–water partition coefficient (Wildman–Crippen LogP) is 6.76. The number of para-hydroxylation sites is 2. The average molecular weight is 423 g/mol. The van der Waals surface area contributed by atoms with Crippen LogP contribution in [0.25, 0.3) is 10.8 Å². The first kappa shape index (κ1) is 19.9. The van der Waals surface area contributed by atoms with E-state index in [1.54, 1.807) is 0 Å². The molecule has 1 aliphatic rings. The Morgan fingerprint density at radius 2 is 1.21 bits per heavy atom. The zero-order valence-electron chi connectivity index (χ0n) is 19.1. The van der Waals surface area contributed by atoms with Crippen molar-refractivity contribution < 1.29 is 0 Å². The van der Waals surface area contributed by atoms with Gasteiger partial charge in [-0.05, 0) is 60.2 Å². The molecule has 0 aromatic heterocycles. The van der Waals surface area contributed by atoms with Crippen molar-refractivity contribution in [3.63, 3.8) is 0 Å². The Morgan fingerprint density at radius 1 is 0.606 bits per heavy atom. The highest BCUT2D eigenvalue weighted by Gasteiger charge is 2.30. The van der Waals surface area contributed by atoms with E-state index in [2.05, 4.69) is 128 Å². The lowest BCUT2D eigenvalue weighted by molar-refractivity contribution is 1.19. The SMILES string of the molecule is CB1c2c(C)cccc2Cc2cc(N(c3ccccc3)c3ccccc3)c3ccccc3c21. The molecule has 33 heavy (non-hydrogen) atoms. The Balaban J connectivity index is 1.65. The van der Waals surface area contributed by atoms with Gasteiger partial charge in [-0.1, -0.05) is 102 Å². The standard InChI is InChI=1S/C31H26BN/c1-22-12-11-13-23-20-24-21-29(27-18-9-10-19-28(27)31(24)32(2)30(22)23)33(25-14-5-3-6-15-25)26-16-7-4-8-17-26/h3-19,21H,20H2,1-2H3. The molecule has 5 aromatic rings. The lowest BCUT2D eigenvalue weighted by atomic mass is 9.37. The van der Waals surface area contributed by atoms with Gasteiger partial charge in [0.05, 0.1) is 5.69 Å². The quantitative estimate of drug-likeness (QED) is 0.290. The van der Waals surface area contributed by atoms with Crippen LogP contribution in [-0.2, 0) is 6.42 Å². The lowest BCUT2D eigenvalue weighted by Gasteiger charge is -2.32. The van der Waals surface area contributed by atoms with E-state index < -0.39 is 0 Å². The summed E-state index contributed by atoms with van der Waals surface area (Å²) in [4.78, 5) is 2.40. The summed E-state index contributed by atoms with van der Waals surface area (Å²) >= 11 is 0. The van der Waals surface area contributed by atoms with Gasteiger partial charge in [-0.3, -0.25) is 0 Å². The molecule has 1 nitrogen and oxygen atoms in total. The Hall–Kier alpha value is -3.78. The number of rotatable bonds is 3. The molecule has 0 unspecified atom stereocenters. The Labute approximate surface area is 196 Å². The first-order valence-electron chi connectivity index (χ1n) is 11.8. The number of anilines is 3. The zero-order valence-corrected chi connectivity index (χ0v) is 19.1. The van der Waals surface area contributed by atoms with E-state index in [1.807, 2.05) is 0 Å². The van der Waals surface area contributed by atoms with Gasteiger partial charge in [0.15, 0.2) is 0 Å². The Bertz CT molecular complexity index is 1420. The molecule has 0 amide bonds. The summed E-state index contributed by atoms with van der Waals surface area (Å²) in [6, 6.07) is 39.6. The third-order valence-corrected chi connectivity index (χ3v) is 7.08. The van der Waals surface area contributed by atoms with E-state index in [0.29, 0.717) is 6.71 Å². The fraction of sp³-hybridized carbons (Fsp3) is 0.0968. The van der Waals surface area contributed by atoms with Crippen LogP contribution in [0.4, 0.5) is 17.1 Å². The summed E-state index contributed by atoms with van der Waals surface area (Å²) in [7, 11) is 0. The fourth-order valence-corrected chi connectivity index (χ4v) is 5.72. The van der Waals surface area contributed by atoms with Gasteiger partial charge in [-0.15, -0.1) is 0 Å². The molecule has 0 N–H and O–H groups in total. The molecule has 0 fully saturated rings. The number of aryl methyl sites for hydroxylation is 1. The van der Waals surface area contributed by atoms with Crippen LogP contribution < -0.4 is 15.8 Å². The van der Waals surface area contributed by atoms with Gasteiger partial charge in [0.1, 0.15) is 0 Å². The van der Waals surface area contributed by atoms with Crippen LogP contribution in [0.2, 0.25) is 6.82 Å². The summed E-state index contributed by atoms with van der Waals surface area (Å²) in [6.45, 7) is 5.01. The van der Waals surface area contributed by atoms with Gasteiger partial charge < -0.3 is 4.90 Å². The number of nitrogens with zero attached hydrogens (tertiary/aromatic N) is 1. The molecule has 0 saturated heterocycles. The zero-order chi connectivity index (χ0) is 22.4. The highest BCUT2D eigenvalue weighted by atomic mass is 15.1. The van der Waals surface area contributed by atoms with Crippen LogP contribution in [0.3, 0.4) is 0 Å². The van der Waals surface area contributed by atoms with E-state index in [-0.39, 0.29) is 0 Å². The van der Waals surface area contributed by atoms with Crippen LogP contribution in [0.5, 0.6) is 0 Å². The van der Waals surface area contributed by atoms with Crippen LogP contribution >= 0.6 is 0 Å². The smallest absolute Gasteiger partial charge is 0.208 e. The minimum Gasteiger partial charge on any atom is -0.310 e. The summed E-state index contributed by atoms with van der Waals surface area (Å²) in [6.07, 6.45) is 0.978. The molecule has 0 spiro atoms. The van der Waals surface area contributed by atoms with Gasteiger partial charge in [0.25, 0.3) is 0 Å². The number of fused-ring (bicyclic) bond motifs is 4. The minimum atomic E-state index is 0.380. The second kappa shape index (κ2) is 7.97. The third kappa shape index (κ3) is 3.25. The average Bonchev–Trinajstić information content (AvgIpc) is 2.85. The molecule has 2 heteroatoms.